The first-order chi connectivity index (χ1) is 13.1. The summed E-state index contributed by atoms with van der Waals surface area (Å²) in [5.74, 6) is -0.731. The fourth-order valence-corrected chi connectivity index (χ4v) is 3.30. The predicted molar refractivity (Wildman–Crippen MR) is 109 cm³/mol. The molecule has 2 N–H and O–H groups in total. The lowest BCUT2D eigenvalue weighted by atomic mass is 9.82. The lowest BCUT2D eigenvalue weighted by molar-refractivity contribution is -0.165. The number of carbonyl (C=O) groups excluding carboxylic acids is 1. The summed E-state index contributed by atoms with van der Waals surface area (Å²) < 4.78 is 5.90. The largest absolute Gasteiger partial charge is 0.467 e. The SMILES string of the molecule is COC(=O)[C@@](O)(c1ccccc1)[C@H](Nc1ccccc1)c1ccc(Br)cc1. The molecule has 0 aromatic heterocycles. The maximum atomic E-state index is 12.8. The molecule has 4 nitrogen and oxygen atoms in total. The Balaban J connectivity index is 2.15. The zero-order valence-electron chi connectivity index (χ0n) is 14.8. The van der Waals surface area contributed by atoms with Crippen LogP contribution in [0, 0.1) is 0 Å². The highest BCUT2D eigenvalue weighted by atomic mass is 79.9. The van der Waals surface area contributed by atoms with E-state index >= 15 is 0 Å². The maximum Gasteiger partial charge on any atom is 0.345 e. The third kappa shape index (κ3) is 4.04. The second kappa shape index (κ2) is 8.37. The molecule has 0 bridgehead atoms. The molecular formula is C22H20BrNO3. The third-order valence-corrected chi connectivity index (χ3v) is 4.95. The van der Waals surface area contributed by atoms with Crippen molar-refractivity contribution in [1.29, 1.82) is 0 Å². The van der Waals surface area contributed by atoms with Gasteiger partial charge in [0.25, 0.3) is 0 Å². The van der Waals surface area contributed by atoms with Gasteiger partial charge < -0.3 is 15.2 Å². The molecule has 138 valence electrons. The van der Waals surface area contributed by atoms with Crippen molar-refractivity contribution in [3.8, 4) is 0 Å². The standard InChI is InChI=1S/C22H20BrNO3/c1-27-21(25)22(26,17-8-4-2-5-9-17)20(16-12-14-18(23)15-13-16)24-19-10-6-3-7-11-19/h2-15,20,24,26H,1H3/t20-,22-/m1/s1. The van der Waals surface area contributed by atoms with Crippen LogP contribution in [-0.2, 0) is 15.1 Å². The molecular weight excluding hydrogens is 406 g/mol. The van der Waals surface area contributed by atoms with E-state index in [0.717, 1.165) is 15.7 Å². The van der Waals surface area contributed by atoms with E-state index in [1.807, 2.05) is 60.7 Å². The molecule has 0 heterocycles. The molecule has 3 aromatic carbocycles. The van der Waals surface area contributed by atoms with Crippen molar-refractivity contribution in [3.05, 3.63) is 101 Å². The minimum absolute atomic E-state index is 0.452. The van der Waals surface area contributed by atoms with Gasteiger partial charge in [0.1, 0.15) is 0 Å². The molecule has 0 saturated carbocycles. The molecule has 0 saturated heterocycles. The molecule has 0 unspecified atom stereocenters. The minimum atomic E-state index is -1.92. The van der Waals surface area contributed by atoms with Crippen LogP contribution in [0.2, 0.25) is 0 Å². The van der Waals surface area contributed by atoms with Crippen molar-refractivity contribution >= 4 is 27.6 Å². The van der Waals surface area contributed by atoms with Crippen LogP contribution in [0.3, 0.4) is 0 Å². The molecule has 2 atom stereocenters. The summed E-state index contributed by atoms with van der Waals surface area (Å²) >= 11 is 3.42. The van der Waals surface area contributed by atoms with Crippen LogP contribution >= 0.6 is 15.9 Å². The number of anilines is 1. The highest BCUT2D eigenvalue weighted by Gasteiger charge is 2.47. The lowest BCUT2D eigenvalue weighted by Gasteiger charge is -2.35. The van der Waals surface area contributed by atoms with Gasteiger partial charge in [-0.15, -0.1) is 0 Å². The molecule has 5 heteroatoms. The van der Waals surface area contributed by atoms with Gasteiger partial charge in [-0.3, -0.25) is 0 Å². The Morgan fingerprint density at radius 1 is 0.963 bits per heavy atom. The van der Waals surface area contributed by atoms with Gasteiger partial charge in [-0.2, -0.15) is 0 Å². The number of methoxy groups -OCH3 is 1. The smallest absolute Gasteiger partial charge is 0.345 e. The number of esters is 1. The lowest BCUT2D eigenvalue weighted by Crippen LogP contribution is -2.45. The summed E-state index contributed by atoms with van der Waals surface area (Å²) in [6.07, 6.45) is 0. The van der Waals surface area contributed by atoms with Crippen molar-refractivity contribution in [1.82, 2.24) is 0 Å². The fraction of sp³-hybridized carbons (Fsp3) is 0.136. The zero-order chi connectivity index (χ0) is 19.3. The van der Waals surface area contributed by atoms with Crippen molar-refractivity contribution in [2.24, 2.45) is 0 Å². The number of ether oxygens (including phenoxy) is 1. The molecule has 0 aliphatic heterocycles. The Hall–Kier alpha value is -2.63. The predicted octanol–water partition coefficient (Wildman–Crippen LogP) is 4.66. The van der Waals surface area contributed by atoms with Crippen LogP contribution in [0.15, 0.2) is 89.4 Å². The Labute approximate surface area is 166 Å². The molecule has 27 heavy (non-hydrogen) atoms. The quantitative estimate of drug-likeness (QED) is 0.563. The first-order valence-electron chi connectivity index (χ1n) is 8.49. The van der Waals surface area contributed by atoms with E-state index in [1.165, 1.54) is 7.11 Å². The van der Waals surface area contributed by atoms with Crippen molar-refractivity contribution in [2.75, 3.05) is 12.4 Å². The molecule has 3 rings (SSSR count). The van der Waals surface area contributed by atoms with Gasteiger partial charge in [-0.1, -0.05) is 76.6 Å². The first-order valence-corrected chi connectivity index (χ1v) is 9.28. The third-order valence-electron chi connectivity index (χ3n) is 4.42. The molecule has 0 spiro atoms. The topological polar surface area (TPSA) is 58.6 Å². The van der Waals surface area contributed by atoms with Gasteiger partial charge in [-0.25, -0.2) is 4.79 Å². The number of rotatable bonds is 6. The number of carbonyl (C=O) groups is 1. The summed E-state index contributed by atoms with van der Waals surface area (Å²) in [6.45, 7) is 0. The van der Waals surface area contributed by atoms with Gasteiger partial charge >= 0.3 is 5.97 Å². The molecule has 0 amide bonds. The second-order valence-electron chi connectivity index (χ2n) is 6.12. The number of halogens is 1. The number of para-hydroxylation sites is 1. The number of nitrogens with one attached hydrogen (secondary N) is 1. The first kappa shape index (κ1) is 19.1. The molecule has 0 radical (unpaired) electrons. The fourth-order valence-electron chi connectivity index (χ4n) is 3.04. The maximum absolute atomic E-state index is 12.8. The molecule has 0 aliphatic rings. The van der Waals surface area contributed by atoms with E-state index < -0.39 is 17.6 Å². The molecule has 3 aromatic rings. The summed E-state index contributed by atoms with van der Waals surface area (Å²) in [6, 6.07) is 25.0. The number of aliphatic hydroxyl groups is 1. The minimum Gasteiger partial charge on any atom is -0.467 e. The van der Waals surface area contributed by atoms with Crippen LogP contribution in [0.5, 0.6) is 0 Å². The highest BCUT2D eigenvalue weighted by Crippen LogP contribution is 2.39. The number of hydrogen-bond acceptors (Lipinski definition) is 4. The van der Waals surface area contributed by atoms with E-state index in [-0.39, 0.29) is 0 Å². The van der Waals surface area contributed by atoms with Gasteiger partial charge in [0.15, 0.2) is 0 Å². The average molecular weight is 426 g/mol. The Morgan fingerprint density at radius 3 is 2.07 bits per heavy atom. The van der Waals surface area contributed by atoms with Gasteiger partial charge in [0.05, 0.1) is 13.2 Å². The number of benzene rings is 3. The van der Waals surface area contributed by atoms with Crippen LogP contribution in [0.1, 0.15) is 17.2 Å². The summed E-state index contributed by atoms with van der Waals surface area (Å²) in [7, 11) is 1.28. The zero-order valence-corrected chi connectivity index (χ0v) is 16.4. The van der Waals surface area contributed by atoms with E-state index in [1.54, 1.807) is 24.3 Å². The Morgan fingerprint density at radius 2 is 1.52 bits per heavy atom. The van der Waals surface area contributed by atoms with Crippen LogP contribution in [-0.4, -0.2) is 18.2 Å². The van der Waals surface area contributed by atoms with Crippen LogP contribution in [0.4, 0.5) is 5.69 Å². The Kier molecular flexibility index (Phi) is 5.94. The monoisotopic (exact) mass is 425 g/mol. The summed E-state index contributed by atoms with van der Waals surface area (Å²) in [4.78, 5) is 12.8. The molecule has 0 fully saturated rings. The van der Waals surface area contributed by atoms with Crippen molar-refractivity contribution in [2.45, 2.75) is 11.6 Å². The van der Waals surface area contributed by atoms with Crippen LogP contribution < -0.4 is 5.32 Å². The van der Waals surface area contributed by atoms with Gasteiger partial charge in [-0.05, 0) is 35.4 Å². The van der Waals surface area contributed by atoms with E-state index in [0.29, 0.717) is 5.56 Å². The number of hydrogen-bond donors (Lipinski definition) is 2. The Bertz CT molecular complexity index is 884. The van der Waals surface area contributed by atoms with Crippen LogP contribution in [0.25, 0.3) is 0 Å². The second-order valence-corrected chi connectivity index (χ2v) is 7.03. The average Bonchev–Trinajstić information content (AvgIpc) is 2.73. The normalized spacial score (nSPS) is 14.0. The summed E-state index contributed by atoms with van der Waals surface area (Å²) in [5.41, 5.74) is 0.0651. The highest BCUT2D eigenvalue weighted by molar-refractivity contribution is 9.10. The van der Waals surface area contributed by atoms with Gasteiger partial charge in [0.2, 0.25) is 5.60 Å². The van der Waals surface area contributed by atoms with E-state index in [2.05, 4.69) is 21.2 Å². The van der Waals surface area contributed by atoms with Gasteiger partial charge in [0, 0.05) is 10.2 Å². The van der Waals surface area contributed by atoms with Crippen molar-refractivity contribution < 1.29 is 14.6 Å². The molecule has 0 aliphatic carbocycles. The summed E-state index contributed by atoms with van der Waals surface area (Å²) in [5, 5.41) is 14.9. The van der Waals surface area contributed by atoms with E-state index in [4.69, 9.17) is 4.74 Å². The van der Waals surface area contributed by atoms with E-state index in [9.17, 15) is 9.90 Å². The van der Waals surface area contributed by atoms with Crippen molar-refractivity contribution in [3.63, 3.8) is 0 Å².